The van der Waals surface area contributed by atoms with Crippen molar-refractivity contribution in [3.05, 3.63) is 41.9 Å². The maximum atomic E-state index is 3.45. The summed E-state index contributed by atoms with van der Waals surface area (Å²) in [6, 6.07) is 10.6. The summed E-state index contributed by atoms with van der Waals surface area (Å²) in [7, 11) is 0. The van der Waals surface area contributed by atoms with Crippen LogP contribution in [0.15, 0.2) is 30.3 Å². The highest BCUT2D eigenvalue weighted by molar-refractivity contribution is 7.96. The van der Waals surface area contributed by atoms with Crippen LogP contribution >= 0.6 is 11.9 Å². The Bertz CT molecular complexity index is 417. The van der Waals surface area contributed by atoms with Crippen molar-refractivity contribution in [1.29, 1.82) is 0 Å². The van der Waals surface area contributed by atoms with Crippen LogP contribution in [0.5, 0.6) is 0 Å². The molecule has 1 aromatic heterocycles. The van der Waals surface area contributed by atoms with Gasteiger partial charge in [0.2, 0.25) is 0 Å². The third-order valence-corrected chi connectivity index (χ3v) is 3.23. The highest BCUT2D eigenvalue weighted by atomic mass is 32.2. The minimum atomic E-state index is 1.02. The molecule has 0 spiro atoms. The number of para-hydroxylation sites is 1. The quantitative estimate of drug-likeness (QED) is 0.612. The average Bonchev–Trinajstić information content (AvgIpc) is 2.73. The maximum Gasteiger partial charge on any atom is 0.0456 e. The third-order valence-electron chi connectivity index (χ3n) is 2.74. The lowest BCUT2D eigenvalue weighted by Gasteiger charge is -2.08. The maximum absolute atomic E-state index is 3.45. The van der Waals surface area contributed by atoms with Crippen LogP contribution in [0.1, 0.15) is 19.0 Å². The van der Waals surface area contributed by atoms with E-state index in [1.807, 2.05) is 0 Å². The van der Waals surface area contributed by atoms with Crippen molar-refractivity contribution in [3.8, 4) is 0 Å². The lowest BCUT2D eigenvalue weighted by molar-refractivity contribution is 0.819. The van der Waals surface area contributed by atoms with E-state index in [0.29, 0.717) is 0 Å². The Morgan fingerprint density at radius 2 is 2.19 bits per heavy atom. The van der Waals surface area contributed by atoms with Crippen molar-refractivity contribution in [2.24, 2.45) is 0 Å². The fourth-order valence-electron chi connectivity index (χ4n) is 1.78. The van der Waals surface area contributed by atoms with Crippen molar-refractivity contribution < 1.29 is 0 Å². The Balaban J connectivity index is 2.07. The van der Waals surface area contributed by atoms with Gasteiger partial charge in [0.05, 0.1) is 0 Å². The fourth-order valence-corrected chi connectivity index (χ4v) is 2.08. The van der Waals surface area contributed by atoms with E-state index < -0.39 is 0 Å². The molecular formula is C13H17N2S. The summed E-state index contributed by atoms with van der Waals surface area (Å²) < 4.78 is 3.26. The topological polar surface area (TPSA) is 27.8 Å². The number of rotatable bonds is 5. The Morgan fingerprint density at radius 3 is 2.94 bits per heavy atom. The molecule has 3 heteroatoms. The number of fused-ring (bicyclic) bond motifs is 1. The molecule has 16 heavy (non-hydrogen) atoms. The van der Waals surface area contributed by atoms with Gasteiger partial charge in [-0.3, -0.25) is 4.72 Å². The predicted octanol–water partition coefficient (Wildman–Crippen LogP) is 3.37. The smallest absolute Gasteiger partial charge is 0.0456 e. The van der Waals surface area contributed by atoms with E-state index in [4.69, 9.17) is 0 Å². The zero-order valence-corrected chi connectivity index (χ0v) is 10.5. The van der Waals surface area contributed by atoms with Crippen LogP contribution in [0.3, 0.4) is 0 Å². The van der Waals surface area contributed by atoms with Crippen LogP contribution in [0, 0.1) is 5.92 Å². The summed E-state index contributed by atoms with van der Waals surface area (Å²) in [5.74, 6) is 1.40. The van der Waals surface area contributed by atoms with E-state index in [9.17, 15) is 0 Å². The molecule has 0 saturated heterocycles. The molecule has 0 bridgehead atoms. The number of benzene rings is 1. The van der Waals surface area contributed by atoms with Gasteiger partial charge in [-0.1, -0.05) is 37.1 Å². The first-order valence-corrected chi connectivity index (χ1v) is 6.70. The minimum absolute atomic E-state index is 1.02. The number of H-pyrrole nitrogens is 1. The van der Waals surface area contributed by atoms with Gasteiger partial charge in [0, 0.05) is 23.7 Å². The molecule has 2 nitrogen and oxygen atoms in total. The summed E-state index contributed by atoms with van der Waals surface area (Å²) in [6.07, 6.45) is 3.13. The van der Waals surface area contributed by atoms with Gasteiger partial charge < -0.3 is 4.98 Å². The van der Waals surface area contributed by atoms with Crippen LogP contribution in [0.2, 0.25) is 0 Å². The summed E-state index contributed by atoms with van der Waals surface area (Å²) in [6.45, 7) is 3.20. The lowest BCUT2D eigenvalue weighted by atomic mass is 10.0. The zero-order chi connectivity index (χ0) is 11.4. The van der Waals surface area contributed by atoms with Gasteiger partial charge in [-0.15, -0.1) is 0 Å². The Morgan fingerprint density at radius 1 is 1.38 bits per heavy atom. The summed E-state index contributed by atoms with van der Waals surface area (Å²) in [5.41, 5.74) is 2.47. The molecule has 0 unspecified atom stereocenters. The number of nitrogens with one attached hydrogen (secondary N) is 2. The molecular weight excluding hydrogens is 216 g/mol. The van der Waals surface area contributed by atoms with E-state index in [-0.39, 0.29) is 0 Å². The first-order valence-electron chi connectivity index (χ1n) is 5.47. The zero-order valence-electron chi connectivity index (χ0n) is 9.71. The molecule has 1 aromatic carbocycles. The molecule has 0 aliphatic rings. The van der Waals surface area contributed by atoms with Crippen molar-refractivity contribution in [1.82, 2.24) is 9.71 Å². The van der Waals surface area contributed by atoms with Gasteiger partial charge in [0.15, 0.2) is 0 Å². The molecule has 1 heterocycles. The van der Waals surface area contributed by atoms with Gasteiger partial charge in [-0.2, -0.15) is 0 Å². The van der Waals surface area contributed by atoms with Gasteiger partial charge in [0.25, 0.3) is 0 Å². The highest BCUT2D eigenvalue weighted by Gasteiger charge is 2.08. The van der Waals surface area contributed by atoms with Gasteiger partial charge in [0.1, 0.15) is 0 Å². The van der Waals surface area contributed by atoms with E-state index in [0.717, 1.165) is 13.0 Å². The summed E-state index contributed by atoms with van der Waals surface area (Å²) in [5, 5.41) is 1.29. The van der Waals surface area contributed by atoms with Gasteiger partial charge in [-0.25, -0.2) is 0 Å². The van der Waals surface area contributed by atoms with Crippen LogP contribution in [0.4, 0.5) is 0 Å². The van der Waals surface area contributed by atoms with Crippen LogP contribution < -0.4 is 4.72 Å². The van der Waals surface area contributed by atoms with Crippen LogP contribution in [-0.2, 0) is 0 Å². The van der Waals surface area contributed by atoms with Crippen LogP contribution in [0.25, 0.3) is 10.9 Å². The van der Waals surface area contributed by atoms with Crippen molar-refractivity contribution in [3.63, 3.8) is 0 Å². The lowest BCUT2D eigenvalue weighted by Crippen LogP contribution is -2.08. The Labute approximate surface area is 101 Å². The largest absolute Gasteiger partial charge is 0.358 e. The molecule has 0 amide bonds. The van der Waals surface area contributed by atoms with E-state index in [1.165, 1.54) is 22.5 Å². The molecule has 2 rings (SSSR count). The standard InChI is InChI=1S/C13H17N2S/c1-10(7-8-14-16-2)13-9-11-5-3-4-6-12(11)15-13/h3-6,9,14-15H,7-8H2,1-2H3. The molecule has 2 N–H and O–H groups in total. The second-order valence-corrected chi connectivity index (χ2v) is 4.60. The molecule has 0 saturated carbocycles. The average molecular weight is 233 g/mol. The number of hydrogen-bond acceptors (Lipinski definition) is 2. The predicted molar refractivity (Wildman–Crippen MR) is 72.5 cm³/mol. The number of hydrogen-bond donors (Lipinski definition) is 2. The molecule has 0 aliphatic heterocycles. The Kier molecular flexibility index (Phi) is 3.91. The molecule has 0 aliphatic carbocycles. The van der Waals surface area contributed by atoms with Crippen molar-refractivity contribution in [2.45, 2.75) is 13.3 Å². The molecule has 1 radical (unpaired) electrons. The van der Waals surface area contributed by atoms with E-state index in [2.05, 4.69) is 53.2 Å². The molecule has 85 valence electrons. The Hall–Kier alpha value is -0.930. The number of aromatic nitrogens is 1. The molecule has 0 atom stereocenters. The monoisotopic (exact) mass is 233 g/mol. The SMILES string of the molecule is CSNCC[C](C)c1cc2ccccc2[nH]1. The normalized spacial score (nSPS) is 11.4. The first-order chi connectivity index (χ1) is 7.81. The second-order valence-electron chi connectivity index (χ2n) is 3.90. The van der Waals surface area contributed by atoms with Crippen molar-refractivity contribution >= 4 is 22.9 Å². The minimum Gasteiger partial charge on any atom is -0.358 e. The van der Waals surface area contributed by atoms with Gasteiger partial charge in [-0.05, 0) is 30.2 Å². The summed E-state index contributed by atoms with van der Waals surface area (Å²) >= 11 is 1.67. The van der Waals surface area contributed by atoms with Crippen molar-refractivity contribution in [2.75, 3.05) is 12.8 Å². The fraction of sp³-hybridized carbons (Fsp3) is 0.308. The summed E-state index contributed by atoms with van der Waals surface area (Å²) in [4.78, 5) is 3.45. The van der Waals surface area contributed by atoms with Gasteiger partial charge >= 0.3 is 0 Å². The second kappa shape index (κ2) is 5.41. The van der Waals surface area contributed by atoms with E-state index in [1.54, 1.807) is 11.9 Å². The number of aromatic amines is 1. The molecule has 2 aromatic rings. The van der Waals surface area contributed by atoms with Crippen LogP contribution in [-0.4, -0.2) is 17.8 Å². The highest BCUT2D eigenvalue weighted by Crippen LogP contribution is 2.22. The molecule has 0 fully saturated rings. The first kappa shape index (κ1) is 11.6. The van der Waals surface area contributed by atoms with E-state index >= 15 is 0 Å². The third kappa shape index (κ3) is 2.60.